The van der Waals surface area contributed by atoms with Crippen LogP contribution in [0.2, 0.25) is 0 Å². The van der Waals surface area contributed by atoms with Crippen LogP contribution in [-0.4, -0.2) is 40.6 Å². The fraction of sp³-hybridized carbons (Fsp3) is 0.348. The van der Waals surface area contributed by atoms with E-state index in [0.717, 1.165) is 18.6 Å². The van der Waals surface area contributed by atoms with Gasteiger partial charge >= 0.3 is 0 Å². The maximum absolute atomic E-state index is 12.7. The molecule has 0 bridgehead atoms. The molecule has 1 aliphatic rings. The monoisotopic (exact) mass is 422 g/mol. The quantitative estimate of drug-likeness (QED) is 0.629. The van der Waals surface area contributed by atoms with Gasteiger partial charge in [-0.1, -0.05) is 6.07 Å². The zero-order chi connectivity index (χ0) is 22.0. The smallest absolute Gasteiger partial charge is 0.291 e. The number of amides is 2. The van der Waals surface area contributed by atoms with Crippen LogP contribution in [0.5, 0.6) is 5.75 Å². The Kier molecular flexibility index (Phi) is 5.79. The Bertz CT molecular complexity index is 1110. The molecule has 0 saturated heterocycles. The maximum Gasteiger partial charge on any atom is 0.291 e. The van der Waals surface area contributed by atoms with Crippen molar-refractivity contribution >= 4 is 17.5 Å². The molecular weight excluding hydrogens is 396 g/mol. The SMILES string of the molecule is CCn1ncc(NC(=O)c2ccc(COc3ccc4c(c3)CCC4)o2)c1C(=O)N(C)C. The van der Waals surface area contributed by atoms with Gasteiger partial charge in [-0.3, -0.25) is 14.3 Å². The van der Waals surface area contributed by atoms with E-state index in [0.29, 0.717) is 23.7 Å². The Labute approximate surface area is 180 Å². The topological polar surface area (TPSA) is 89.6 Å². The molecule has 1 aromatic carbocycles. The molecule has 162 valence electrons. The second-order valence-electron chi connectivity index (χ2n) is 7.72. The summed E-state index contributed by atoms with van der Waals surface area (Å²) in [6, 6.07) is 9.46. The number of hydrogen-bond donors (Lipinski definition) is 1. The van der Waals surface area contributed by atoms with Crippen molar-refractivity contribution in [2.24, 2.45) is 0 Å². The molecule has 0 aliphatic heterocycles. The van der Waals surface area contributed by atoms with E-state index in [2.05, 4.69) is 22.5 Å². The number of hydrogen-bond acceptors (Lipinski definition) is 5. The molecule has 0 unspecified atom stereocenters. The van der Waals surface area contributed by atoms with Crippen LogP contribution in [0.1, 0.15) is 51.3 Å². The fourth-order valence-electron chi connectivity index (χ4n) is 3.71. The van der Waals surface area contributed by atoms with Crippen molar-refractivity contribution in [3.63, 3.8) is 0 Å². The predicted octanol–water partition coefficient (Wildman–Crippen LogP) is 3.52. The molecule has 0 spiro atoms. The van der Waals surface area contributed by atoms with Gasteiger partial charge in [-0.25, -0.2) is 0 Å². The summed E-state index contributed by atoms with van der Waals surface area (Å²) in [4.78, 5) is 26.6. The van der Waals surface area contributed by atoms with Crippen molar-refractivity contribution in [1.82, 2.24) is 14.7 Å². The molecule has 1 N–H and O–H groups in total. The predicted molar refractivity (Wildman–Crippen MR) is 115 cm³/mol. The van der Waals surface area contributed by atoms with Gasteiger partial charge in [0.25, 0.3) is 11.8 Å². The minimum atomic E-state index is -0.452. The molecule has 2 heterocycles. The highest BCUT2D eigenvalue weighted by Crippen LogP contribution is 2.26. The number of carbonyl (C=O) groups excluding carboxylic acids is 2. The van der Waals surface area contributed by atoms with Crippen molar-refractivity contribution in [3.05, 3.63) is 64.9 Å². The zero-order valence-corrected chi connectivity index (χ0v) is 18.0. The third-order valence-electron chi connectivity index (χ3n) is 5.33. The van der Waals surface area contributed by atoms with Gasteiger partial charge in [0.15, 0.2) is 5.76 Å². The van der Waals surface area contributed by atoms with Crippen molar-refractivity contribution in [1.29, 1.82) is 0 Å². The highest BCUT2D eigenvalue weighted by molar-refractivity contribution is 6.07. The lowest BCUT2D eigenvalue weighted by atomic mass is 10.1. The number of nitrogens with zero attached hydrogens (tertiary/aromatic N) is 3. The zero-order valence-electron chi connectivity index (χ0n) is 18.0. The Morgan fingerprint density at radius 1 is 1.19 bits per heavy atom. The third kappa shape index (κ3) is 4.33. The van der Waals surface area contributed by atoms with Gasteiger partial charge < -0.3 is 19.4 Å². The molecule has 31 heavy (non-hydrogen) atoms. The highest BCUT2D eigenvalue weighted by Gasteiger charge is 2.22. The molecule has 0 radical (unpaired) electrons. The van der Waals surface area contributed by atoms with E-state index in [-0.39, 0.29) is 18.3 Å². The highest BCUT2D eigenvalue weighted by atomic mass is 16.5. The minimum Gasteiger partial charge on any atom is -0.486 e. The third-order valence-corrected chi connectivity index (χ3v) is 5.33. The summed E-state index contributed by atoms with van der Waals surface area (Å²) >= 11 is 0. The van der Waals surface area contributed by atoms with Crippen LogP contribution in [0, 0.1) is 0 Å². The number of furan rings is 1. The number of carbonyl (C=O) groups is 2. The first kappa shape index (κ1) is 20.7. The second-order valence-corrected chi connectivity index (χ2v) is 7.72. The van der Waals surface area contributed by atoms with Crippen molar-refractivity contribution in [2.75, 3.05) is 19.4 Å². The van der Waals surface area contributed by atoms with Gasteiger partial charge in [0.05, 0.1) is 11.9 Å². The van der Waals surface area contributed by atoms with Gasteiger partial charge in [0.1, 0.15) is 23.8 Å². The summed E-state index contributed by atoms with van der Waals surface area (Å²) in [5.74, 6) is 0.784. The molecule has 0 saturated carbocycles. The minimum absolute atomic E-state index is 0.139. The summed E-state index contributed by atoms with van der Waals surface area (Å²) < 4.78 is 13.0. The number of aromatic nitrogens is 2. The molecule has 8 nitrogen and oxygen atoms in total. The first-order valence-corrected chi connectivity index (χ1v) is 10.4. The standard InChI is InChI=1S/C23H26N4O4/c1-4-27-21(23(29)26(2)3)19(13-24-27)25-22(28)20-11-10-18(31-20)14-30-17-9-8-15-6-5-7-16(15)12-17/h8-13H,4-7,14H2,1-3H3,(H,25,28). The molecule has 1 aliphatic carbocycles. The largest absolute Gasteiger partial charge is 0.486 e. The lowest BCUT2D eigenvalue weighted by Crippen LogP contribution is -2.26. The van der Waals surface area contributed by atoms with Crippen LogP contribution in [0.3, 0.4) is 0 Å². The number of ether oxygens (including phenoxy) is 1. The number of anilines is 1. The van der Waals surface area contributed by atoms with Gasteiger partial charge in [0.2, 0.25) is 0 Å². The van der Waals surface area contributed by atoms with Gasteiger partial charge in [-0.05, 0) is 61.6 Å². The molecular formula is C23H26N4O4. The van der Waals surface area contributed by atoms with Crippen molar-refractivity contribution < 1.29 is 18.7 Å². The van der Waals surface area contributed by atoms with Crippen molar-refractivity contribution in [2.45, 2.75) is 39.3 Å². The number of nitrogens with one attached hydrogen (secondary N) is 1. The summed E-state index contributed by atoms with van der Waals surface area (Å²) in [5.41, 5.74) is 3.40. The summed E-state index contributed by atoms with van der Waals surface area (Å²) in [7, 11) is 3.31. The molecule has 2 amide bonds. The van der Waals surface area contributed by atoms with Gasteiger partial charge in [-0.2, -0.15) is 5.10 Å². The van der Waals surface area contributed by atoms with E-state index in [1.54, 1.807) is 30.9 Å². The Balaban J connectivity index is 1.42. The van der Waals surface area contributed by atoms with E-state index < -0.39 is 5.91 Å². The number of benzene rings is 1. The number of rotatable bonds is 7. The first-order chi connectivity index (χ1) is 15.0. The van der Waals surface area contributed by atoms with Crippen LogP contribution in [-0.2, 0) is 26.0 Å². The van der Waals surface area contributed by atoms with Crippen LogP contribution in [0.15, 0.2) is 40.9 Å². The Morgan fingerprint density at radius 2 is 2.00 bits per heavy atom. The Morgan fingerprint density at radius 3 is 2.77 bits per heavy atom. The van der Waals surface area contributed by atoms with Gasteiger partial charge in [0, 0.05) is 20.6 Å². The van der Waals surface area contributed by atoms with Crippen molar-refractivity contribution in [3.8, 4) is 5.75 Å². The molecule has 2 aromatic heterocycles. The molecule has 0 atom stereocenters. The van der Waals surface area contributed by atoms with Crippen LogP contribution in [0.4, 0.5) is 5.69 Å². The molecule has 4 rings (SSSR count). The maximum atomic E-state index is 12.7. The summed E-state index contributed by atoms with van der Waals surface area (Å²) in [6.07, 6.45) is 4.88. The van der Waals surface area contributed by atoms with Gasteiger partial charge in [-0.15, -0.1) is 0 Å². The number of aryl methyl sites for hydroxylation is 3. The fourth-order valence-corrected chi connectivity index (χ4v) is 3.71. The first-order valence-electron chi connectivity index (χ1n) is 10.4. The molecule has 0 fully saturated rings. The van der Waals surface area contributed by atoms with E-state index in [9.17, 15) is 9.59 Å². The van der Waals surface area contributed by atoms with E-state index >= 15 is 0 Å². The number of fused-ring (bicyclic) bond motifs is 1. The molecule has 3 aromatic rings. The molecule has 8 heteroatoms. The van der Waals surface area contributed by atoms with E-state index in [1.165, 1.54) is 28.6 Å². The van der Waals surface area contributed by atoms with Crippen LogP contribution in [0.25, 0.3) is 0 Å². The van der Waals surface area contributed by atoms with E-state index in [1.807, 2.05) is 13.0 Å². The average Bonchev–Trinajstić information content (AvgIpc) is 3.50. The summed E-state index contributed by atoms with van der Waals surface area (Å²) in [5, 5.41) is 6.91. The average molecular weight is 422 g/mol. The Hall–Kier alpha value is -3.55. The second kappa shape index (κ2) is 8.67. The van der Waals surface area contributed by atoms with Crippen LogP contribution >= 0.6 is 0 Å². The summed E-state index contributed by atoms with van der Waals surface area (Å²) in [6.45, 7) is 2.62. The van der Waals surface area contributed by atoms with Crippen LogP contribution < -0.4 is 10.1 Å². The van der Waals surface area contributed by atoms with E-state index in [4.69, 9.17) is 9.15 Å². The normalized spacial score (nSPS) is 12.5. The lowest BCUT2D eigenvalue weighted by molar-refractivity contribution is 0.0816. The lowest BCUT2D eigenvalue weighted by Gasteiger charge is -2.13.